The second-order valence-electron chi connectivity index (χ2n) is 8.98. The van der Waals surface area contributed by atoms with Crippen molar-refractivity contribution in [3.63, 3.8) is 0 Å². The summed E-state index contributed by atoms with van der Waals surface area (Å²) in [6.45, 7) is 7.14. The van der Waals surface area contributed by atoms with Crippen molar-refractivity contribution >= 4 is 21.6 Å². The van der Waals surface area contributed by atoms with Gasteiger partial charge in [-0.2, -0.15) is 0 Å². The Balaban J connectivity index is 1.50. The van der Waals surface area contributed by atoms with E-state index < -0.39 is 16.1 Å². The monoisotopic (exact) mass is 454 g/mol. The number of hydrogen-bond acceptors (Lipinski definition) is 3. The Bertz CT molecular complexity index is 1020. The number of allylic oxidation sites excluding steroid dienone is 1. The van der Waals surface area contributed by atoms with Crippen LogP contribution < -0.4 is 4.72 Å². The van der Waals surface area contributed by atoms with Gasteiger partial charge in [0.15, 0.2) is 0 Å². The lowest BCUT2D eigenvalue weighted by molar-refractivity contribution is 0.173. The number of urea groups is 1. The first-order valence-corrected chi connectivity index (χ1v) is 12.9. The minimum atomic E-state index is -3.87. The molecule has 6 heteroatoms. The third kappa shape index (κ3) is 6.95. The third-order valence-electron chi connectivity index (χ3n) is 6.18. The van der Waals surface area contributed by atoms with Gasteiger partial charge >= 0.3 is 6.03 Å². The number of carbonyl (C=O) groups excluding carboxylic acids is 1. The molecule has 5 nitrogen and oxygen atoms in total. The maximum Gasteiger partial charge on any atom is 0.331 e. The van der Waals surface area contributed by atoms with Crippen molar-refractivity contribution in [2.24, 2.45) is 5.92 Å². The Hall–Kier alpha value is -2.60. The van der Waals surface area contributed by atoms with Gasteiger partial charge in [0.25, 0.3) is 10.0 Å². The highest BCUT2D eigenvalue weighted by molar-refractivity contribution is 7.93. The zero-order valence-electron chi connectivity index (χ0n) is 19.3. The van der Waals surface area contributed by atoms with Gasteiger partial charge in [0.2, 0.25) is 0 Å². The fourth-order valence-electron chi connectivity index (χ4n) is 4.09. The minimum absolute atomic E-state index is 0.416. The summed E-state index contributed by atoms with van der Waals surface area (Å²) in [5, 5.41) is 1.14. The molecule has 1 heterocycles. The first-order valence-electron chi connectivity index (χ1n) is 11.4. The van der Waals surface area contributed by atoms with Crippen molar-refractivity contribution in [2.45, 2.75) is 52.4 Å². The van der Waals surface area contributed by atoms with Crippen LogP contribution in [-0.4, -0.2) is 32.4 Å². The highest BCUT2D eigenvalue weighted by Crippen LogP contribution is 2.23. The number of nitrogens with zero attached hydrogens (tertiary/aromatic N) is 1. The highest BCUT2D eigenvalue weighted by Gasteiger charge is 2.25. The second-order valence-corrected chi connectivity index (χ2v) is 10.5. The molecule has 3 rings (SSSR count). The number of hydrogen-bond donors (Lipinski definition) is 1. The van der Waals surface area contributed by atoms with Crippen LogP contribution in [0.1, 0.15) is 62.6 Å². The van der Waals surface area contributed by atoms with E-state index in [0.717, 1.165) is 36.7 Å². The molecule has 1 saturated heterocycles. The van der Waals surface area contributed by atoms with Crippen LogP contribution in [0.4, 0.5) is 4.79 Å². The molecule has 172 valence electrons. The highest BCUT2D eigenvalue weighted by atomic mass is 32.2. The number of nitrogens with one attached hydrogen (secondary N) is 1. The molecule has 1 aliphatic heterocycles. The van der Waals surface area contributed by atoms with E-state index in [-0.39, 0.29) is 0 Å². The fourth-order valence-corrected chi connectivity index (χ4v) is 5.12. The fraction of sp³-hybridized carbons (Fsp3) is 0.423. The number of aryl methyl sites for hydroxylation is 1. The van der Waals surface area contributed by atoms with Gasteiger partial charge in [0.05, 0.1) is 5.41 Å². The Kier molecular flexibility index (Phi) is 8.13. The lowest BCUT2D eigenvalue weighted by atomic mass is 9.91. The summed E-state index contributed by atoms with van der Waals surface area (Å²) in [5.74, 6) is 0.977. The maximum atomic E-state index is 12.5. The smallest absolute Gasteiger partial charge is 0.324 e. The summed E-state index contributed by atoms with van der Waals surface area (Å²) in [5.41, 5.74) is 3.95. The molecule has 0 aliphatic carbocycles. The van der Waals surface area contributed by atoms with Gasteiger partial charge in [0, 0.05) is 13.1 Å². The Morgan fingerprint density at radius 3 is 2.28 bits per heavy atom. The summed E-state index contributed by atoms with van der Waals surface area (Å²) < 4.78 is 27.3. The molecule has 0 aromatic heterocycles. The molecular weight excluding hydrogens is 420 g/mol. The van der Waals surface area contributed by atoms with Crippen molar-refractivity contribution in [2.75, 3.05) is 13.1 Å². The van der Waals surface area contributed by atoms with Crippen LogP contribution in [0.5, 0.6) is 0 Å². The number of benzene rings is 2. The third-order valence-corrected chi connectivity index (χ3v) is 7.30. The number of carbonyl (C=O) groups is 1. The van der Waals surface area contributed by atoms with Crippen molar-refractivity contribution < 1.29 is 13.2 Å². The Morgan fingerprint density at radius 2 is 1.69 bits per heavy atom. The van der Waals surface area contributed by atoms with E-state index in [1.54, 1.807) is 11.8 Å². The molecule has 0 atom stereocenters. The van der Waals surface area contributed by atoms with E-state index in [0.29, 0.717) is 30.5 Å². The number of likely N-dealkylation sites (tertiary alicyclic amines) is 1. The average molecular weight is 455 g/mol. The van der Waals surface area contributed by atoms with Gasteiger partial charge in [-0.05, 0) is 66.7 Å². The molecular formula is C26H34N2O3S. The number of sulfonamides is 1. The molecule has 0 unspecified atom stereocenters. The van der Waals surface area contributed by atoms with Crippen molar-refractivity contribution in [1.29, 1.82) is 0 Å². The van der Waals surface area contributed by atoms with E-state index in [2.05, 4.69) is 42.8 Å². The first-order chi connectivity index (χ1) is 15.2. The largest absolute Gasteiger partial charge is 0.331 e. The van der Waals surface area contributed by atoms with Crippen LogP contribution in [0.3, 0.4) is 0 Å². The summed E-state index contributed by atoms with van der Waals surface area (Å²) in [6.07, 6.45) is 3.93. The van der Waals surface area contributed by atoms with Gasteiger partial charge in [0.1, 0.15) is 0 Å². The topological polar surface area (TPSA) is 66.5 Å². The minimum Gasteiger partial charge on any atom is -0.324 e. The number of amides is 2. The van der Waals surface area contributed by atoms with Gasteiger partial charge < -0.3 is 4.90 Å². The lowest BCUT2D eigenvalue weighted by Gasteiger charge is -2.31. The molecule has 1 N–H and O–H groups in total. The van der Waals surface area contributed by atoms with Gasteiger partial charge in [-0.1, -0.05) is 68.4 Å². The second kappa shape index (κ2) is 10.8. The summed E-state index contributed by atoms with van der Waals surface area (Å²) >= 11 is 0. The summed E-state index contributed by atoms with van der Waals surface area (Å²) in [7, 11) is -3.87. The van der Waals surface area contributed by atoms with Gasteiger partial charge in [-0.15, -0.1) is 0 Å². The molecule has 1 aliphatic rings. The predicted molar refractivity (Wildman–Crippen MR) is 131 cm³/mol. The number of rotatable bonds is 7. The van der Waals surface area contributed by atoms with Gasteiger partial charge in [-0.3, -0.25) is 0 Å². The maximum absolute atomic E-state index is 12.5. The Morgan fingerprint density at radius 1 is 1.06 bits per heavy atom. The zero-order valence-corrected chi connectivity index (χ0v) is 20.1. The van der Waals surface area contributed by atoms with Crippen molar-refractivity contribution in [3.05, 3.63) is 76.7 Å². The Labute approximate surface area is 192 Å². The molecule has 2 aromatic carbocycles. The van der Waals surface area contributed by atoms with Crippen LogP contribution in [-0.2, 0) is 16.4 Å². The standard InChI is InChI=1S/C26H34N2O3S/c1-20(2)24-11-13-25(14-12-24)21(3)19-32(30,31)27-26(29)28-17-15-23(16-18-28)10-9-22-7-5-4-6-8-22/h4-8,11-14,19-20,23H,9-10,15-18H2,1-3H3,(H,27,29)/b21-19+. The summed E-state index contributed by atoms with van der Waals surface area (Å²) in [6, 6.07) is 17.7. The number of piperidine rings is 1. The first kappa shape index (κ1) is 24.1. The zero-order chi connectivity index (χ0) is 23.1. The molecule has 0 radical (unpaired) electrons. The van der Waals surface area contributed by atoms with Crippen LogP contribution in [0.2, 0.25) is 0 Å². The van der Waals surface area contributed by atoms with Gasteiger partial charge in [-0.25, -0.2) is 17.9 Å². The van der Waals surface area contributed by atoms with Crippen molar-refractivity contribution in [1.82, 2.24) is 9.62 Å². The summed E-state index contributed by atoms with van der Waals surface area (Å²) in [4.78, 5) is 14.2. The molecule has 2 amide bonds. The van der Waals surface area contributed by atoms with E-state index in [1.807, 2.05) is 30.3 Å². The van der Waals surface area contributed by atoms with Crippen molar-refractivity contribution in [3.8, 4) is 0 Å². The van der Waals surface area contributed by atoms with E-state index in [1.165, 1.54) is 11.1 Å². The quantitative estimate of drug-likeness (QED) is 0.596. The normalized spacial score (nSPS) is 15.8. The average Bonchev–Trinajstić information content (AvgIpc) is 2.78. The van der Waals surface area contributed by atoms with E-state index in [4.69, 9.17) is 0 Å². The molecule has 32 heavy (non-hydrogen) atoms. The van der Waals surface area contributed by atoms with Crippen LogP contribution in [0, 0.1) is 5.92 Å². The molecule has 2 aromatic rings. The predicted octanol–water partition coefficient (Wildman–Crippen LogP) is 5.56. The lowest BCUT2D eigenvalue weighted by Crippen LogP contribution is -2.46. The molecule has 0 bridgehead atoms. The van der Waals surface area contributed by atoms with E-state index in [9.17, 15) is 13.2 Å². The molecule has 1 fully saturated rings. The van der Waals surface area contributed by atoms with E-state index >= 15 is 0 Å². The van der Waals surface area contributed by atoms with Crippen LogP contribution >= 0.6 is 0 Å². The molecule has 0 spiro atoms. The van der Waals surface area contributed by atoms with Crippen LogP contribution in [0.15, 0.2) is 60.0 Å². The SMILES string of the molecule is C/C(=C\S(=O)(=O)NC(=O)N1CCC(CCc2ccccc2)CC1)c1ccc(C(C)C)cc1. The molecule has 0 saturated carbocycles. The van der Waals surface area contributed by atoms with Crippen LogP contribution in [0.25, 0.3) is 5.57 Å².